The van der Waals surface area contributed by atoms with E-state index in [-0.39, 0.29) is 23.3 Å². The molecule has 27 heavy (non-hydrogen) atoms. The molecule has 0 saturated heterocycles. The minimum atomic E-state index is -0.470. The van der Waals surface area contributed by atoms with Gasteiger partial charge in [-0.15, -0.1) is 11.8 Å². The van der Waals surface area contributed by atoms with Crippen LogP contribution in [-0.4, -0.2) is 29.0 Å². The number of nitro groups is 1. The van der Waals surface area contributed by atoms with Crippen molar-refractivity contribution in [2.24, 2.45) is 5.92 Å². The van der Waals surface area contributed by atoms with Crippen LogP contribution in [0.1, 0.15) is 24.2 Å². The van der Waals surface area contributed by atoms with Crippen LogP contribution in [-0.2, 0) is 4.79 Å². The van der Waals surface area contributed by atoms with Crippen molar-refractivity contribution in [1.82, 2.24) is 5.32 Å². The molecule has 0 aromatic heterocycles. The van der Waals surface area contributed by atoms with Crippen molar-refractivity contribution in [1.29, 1.82) is 0 Å². The van der Waals surface area contributed by atoms with Crippen LogP contribution in [0, 0.1) is 16.0 Å². The van der Waals surface area contributed by atoms with Crippen molar-refractivity contribution >= 4 is 35.0 Å². The lowest BCUT2D eigenvalue weighted by atomic mass is 10.1. The molecule has 0 unspecified atom stereocenters. The summed E-state index contributed by atoms with van der Waals surface area (Å²) < 4.78 is 0. The summed E-state index contributed by atoms with van der Waals surface area (Å²) in [5, 5.41) is 16.2. The average molecular weight is 387 g/mol. The third-order valence-electron chi connectivity index (χ3n) is 3.53. The van der Waals surface area contributed by atoms with Gasteiger partial charge in [-0.2, -0.15) is 0 Å². The van der Waals surface area contributed by atoms with Crippen LogP contribution < -0.4 is 10.6 Å². The summed E-state index contributed by atoms with van der Waals surface area (Å²) in [6.45, 7) is 4.56. The van der Waals surface area contributed by atoms with Gasteiger partial charge in [-0.25, -0.2) is 0 Å². The number of benzene rings is 2. The van der Waals surface area contributed by atoms with Gasteiger partial charge in [0, 0.05) is 23.6 Å². The molecule has 0 atom stereocenters. The molecule has 0 saturated carbocycles. The van der Waals surface area contributed by atoms with E-state index in [4.69, 9.17) is 0 Å². The Morgan fingerprint density at radius 3 is 2.41 bits per heavy atom. The number of nitrogens with zero attached hydrogens (tertiary/aromatic N) is 1. The van der Waals surface area contributed by atoms with Gasteiger partial charge >= 0.3 is 0 Å². The molecule has 0 spiro atoms. The summed E-state index contributed by atoms with van der Waals surface area (Å²) >= 11 is 1.26. The number of nitrogens with one attached hydrogen (secondary N) is 2. The maximum absolute atomic E-state index is 12.3. The first-order valence-corrected chi connectivity index (χ1v) is 9.39. The number of carbonyl (C=O) groups is 2. The first-order chi connectivity index (χ1) is 12.9. The van der Waals surface area contributed by atoms with Crippen LogP contribution in [0.15, 0.2) is 53.4 Å². The molecule has 0 bridgehead atoms. The Kier molecular flexibility index (Phi) is 7.36. The molecule has 0 fully saturated rings. The molecule has 0 aliphatic rings. The summed E-state index contributed by atoms with van der Waals surface area (Å²) in [6.07, 6.45) is 0. The molecular formula is C19H21N3O4S. The van der Waals surface area contributed by atoms with Crippen LogP contribution >= 0.6 is 11.8 Å². The van der Waals surface area contributed by atoms with Gasteiger partial charge in [0.2, 0.25) is 5.91 Å². The Labute approximate surface area is 161 Å². The van der Waals surface area contributed by atoms with Crippen molar-refractivity contribution in [2.45, 2.75) is 18.7 Å². The number of hydrogen-bond donors (Lipinski definition) is 2. The van der Waals surface area contributed by atoms with Crippen LogP contribution in [0.5, 0.6) is 0 Å². The quantitative estimate of drug-likeness (QED) is 0.408. The molecule has 8 heteroatoms. The Morgan fingerprint density at radius 2 is 1.78 bits per heavy atom. The Bertz CT molecular complexity index is 822. The highest BCUT2D eigenvalue weighted by Gasteiger charge is 2.13. The molecule has 2 amide bonds. The van der Waals surface area contributed by atoms with Gasteiger partial charge in [-0.1, -0.05) is 26.0 Å². The molecule has 2 aromatic rings. The minimum absolute atomic E-state index is 0.00476. The van der Waals surface area contributed by atoms with E-state index in [1.54, 1.807) is 36.4 Å². The number of anilines is 1. The normalized spacial score (nSPS) is 10.5. The van der Waals surface area contributed by atoms with E-state index in [9.17, 15) is 19.7 Å². The molecule has 7 nitrogen and oxygen atoms in total. The number of para-hydroxylation sites is 1. The fourth-order valence-electron chi connectivity index (χ4n) is 2.18. The average Bonchev–Trinajstić information content (AvgIpc) is 2.65. The Morgan fingerprint density at radius 1 is 1.11 bits per heavy atom. The molecule has 0 aliphatic carbocycles. The second-order valence-electron chi connectivity index (χ2n) is 6.24. The van der Waals surface area contributed by atoms with E-state index in [0.29, 0.717) is 23.7 Å². The van der Waals surface area contributed by atoms with Crippen molar-refractivity contribution in [3.8, 4) is 0 Å². The number of thioether (sulfide) groups is 1. The SMILES string of the molecule is CC(C)CNC(=O)c1ccccc1NC(=O)CSc1ccc([N+](=O)[O-])cc1. The van der Waals surface area contributed by atoms with Crippen molar-refractivity contribution in [2.75, 3.05) is 17.6 Å². The number of nitro benzene ring substituents is 1. The lowest BCUT2D eigenvalue weighted by Gasteiger charge is -2.12. The van der Waals surface area contributed by atoms with E-state index < -0.39 is 4.92 Å². The second kappa shape index (κ2) is 9.72. The third-order valence-corrected chi connectivity index (χ3v) is 4.55. The highest BCUT2D eigenvalue weighted by molar-refractivity contribution is 8.00. The molecular weight excluding hydrogens is 366 g/mol. The molecule has 2 rings (SSSR count). The lowest BCUT2D eigenvalue weighted by molar-refractivity contribution is -0.384. The molecule has 0 radical (unpaired) electrons. The largest absolute Gasteiger partial charge is 0.352 e. The van der Waals surface area contributed by atoms with Gasteiger partial charge in [-0.05, 0) is 30.2 Å². The van der Waals surface area contributed by atoms with Crippen LogP contribution in [0.4, 0.5) is 11.4 Å². The highest BCUT2D eigenvalue weighted by atomic mass is 32.2. The third kappa shape index (κ3) is 6.41. The first-order valence-electron chi connectivity index (χ1n) is 8.41. The Hall–Kier alpha value is -2.87. The summed E-state index contributed by atoms with van der Waals surface area (Å²) in [5.41, 5.74) is 0.866. The molecule has 2 aromatic carbocycles. The second-order valence-corrected chi connectivity index (χ2v) is 7.29. The maximum Gasteiger partial charge on any atom is 0.269 e. The van der Waals surface area contributed by atoms with Crippen molar-refractivity contribution in [3.63, 3.8) is 0 Å². The smallest absolute Gasteiger partial charge is 0.269 e. The summed E-state index contributed by atoms with van der Waals surface area (Å²) in [6, 6.07) is 12.8. The van der Waals surface area contributed by atoms with Crippen LogP contribution in [0.2, 0.25) is 0 Å². The molecule has 0 aliphatic heterocycles. The van der Waals surface area contributed by atoms with Gasteiger partial charge in [0.25, 0.3) is 11.6 Å². The number of hydrogen-bond acceptors (Lipinski definition) is 5. The van der Waals surface area contributed by atoms with E-state index in [2.05, 4.69) is 10.6 Å². The van der Waals surface area contributed by atoms with E-state index in [1.165, 1.54) is 23.9 Å². The first kappa shape index (κ1) is 20.4. The zero-order valence-electron chi connectivity index (χ0n) is 15.1. The number of amides is 2. The van der Waals surface area contributed by atoms with Crippen molar-refractivity contribution < 1.29 is 14.5 Å². The summed E-state index contributed by atoms with van der Waals surface area (Å²) in [7, 11) is 0. The maximum atomic E-state index is 12.3. The fraction of sp³-hybridized carbons (Fsp3) is 0.263. The zero-order chi connectivity index (χ0) is 19.8. The lowest BCUT2D eigenvalue weighted by Crippen LogP contribution is -2.28. The molecule has 2 N–H and O–H groups in total. The summed E-state index contributed by atoms with van der Waals surface area (Å²) in [5.74, 6) is -0.0429. The monoisotopic (exact) mass is 387 g/mol. The van der Waals surface area contributed by atoms with E-state index in [1.807, 2.05) is 13.8 Å². The predicted molar refractivity (Wildman–Crippen MR) is 106 cm³/mol. The number of rotatable bonds is 8. The minimum Gasteiger partial charge on any atom is -0.352 e. The molecule has 142 valence electrons. The number of non-ortho nitro benzene ring substituents is 1. The zero-order valence-corrected chi connectivity index (χ0v) is 15.9. The van der Waals surface area contributed by atoms with Crippen molar-refractivity contribution in [3.05, 3.63) is 64.2 Å². The highest BCUT2D eigenvalue weighted by Crippen LogP contribution is 2.22. The van der Waals surface area contributed by atoms with Gasteiger partial charge in [0.15, 0.2) is 0 Å². The van der Waals surface area contributed by atoms with Crippen LogP contribution in [0.3, 0.4) is 0 Å². The van der Waals surface area contributed by atoms with E-state index >= 15 is 0 Å². The van der Waals surface area contributed by atoms with Crippen LogP contribution in [0.25, 0.3) is 0 Å². The van der Waals surface area contributed by atoms with Gasteiger partial charge < -0.3 is 10.6 Å². The standard InChI is InChI=1S/C19H21N3O4S/c1-13(2)11-20-19(24)16-5-3-4-6-17(16)21-18(23)12-27-15-9-7-14(8-10-15)22(25)26/h3-10,13H,11-12H2,1-2H3,(H,20,24)(H,21,23). The number of carbonyl (C=O) groups excluding carboxylic acids is 2. The predicted octanol–water partition coefficient (Wildman–Crippen LogP) is 3.71. The van der Waals surface area contributed by atoms with Gasteiger partial charge in [0.1, 0.15) is 0 Å². The van der Waals surface area contributed by atoms with Gasteiger partial charge in [-0.3, -0.25) is 19.7 Å². The van der Waals surface area contributed by atoms with E-state index in [0.717, 1.165) is 4.90 Å². The summed E-state index contributed by atoms with van der Waals surface area (Å²) in [4.78, 5) is 35.5. The fourth-order valence-corrected chi connectivity index (χ4v) is 2.88. The Balaban J connectivity index is 1.95. The van der Waals surface area contributed by atoms with Gasteiger partial charge in [0.05, 0.1) is 21.9 Å². The molecule has 0 heterocycles. The topological polar surface area (TPSA) is 101 Å².